The minimum Gasteiger partial charge on any atom is -1.00 e. The third-order valence-electron chi connectivity index (χ3n) is 3.46. The van der Waals surface area contributed by atoms with Gasteiger partial charge >= 0.3 is 0 Å². The van der Waals surface area contributed by atoms with Gasteiger partial charge in [0, 0.05) is 33.6 Å². The molecule has 21 heavy (non-hydrogen) atoms. The molecule has 1 aromatic carbocycles. The van der Waals surface area contributed by atoms with E-state index in [1.807, 2.05) is 0 Å². The molecular weight excluding hydrogens is 371 g/mol. The molecule has 1 aliphatic heterocycles. The maximum atomic E-state index is 2.27. The van der Waals surface area contributed by atoms with E-state index in [1.54, 1.807) is 0 Å². The van der Waals surface area contributed by atoms with Gasteiger partial charge in [0.2, 0.25) is 0 Å². The number of benzene rings is 1. The first kappa shape index (κ1) is 20.2. The van der Waals surface area contributed by atoms with Gasteiger partial charge in [0.1, 0.15) is 0 Å². The van der Waals surface area contributed by atoms with Gasteiger partial charge in [-0.1, -0.05) is 36.4 Å². The number of anilines is 2. The van der Waals surface area contributed by atoms with Crippen molar-refractivity contribution in [2.75, 3.05) is 30.6 Å². The fraction of sp³-hybridized carbons (Fsp3) is 0.412. The zero-order chi connectivity index (χ0) is 13.5. The van der Waals surface area contributed by atoms with E-state index in [4.69, 9.17) is 0 Å². The summed E-state index contributed by atoms with van der Waals surface area (Å²) < 4.78 is 0. The van der Waals surface area contributed by atoms with Crippen LogP contribution in [-0.2, 0) is 19.5 Å². The minimum absolute atomic E-state index is 0. The maximum Gasteiger partial charge on any atom is 0.0898 e. The second kappa shape index (κ2) is 10.9. The molecule has 0 fully saturated rings. The Morgan fingerprint density at radius 3 is 1.38 bits per heavy atom. The molecule has 119 valence electrons. The predicted molar refractivity (Wildman–Crippen MR) is 84.9 cm³/mol. The molecule has 0 saturated heterocycles. The number of para-hydroxylation sites is 2. The Morgan fingerprint density at radius 2 is 1.05 bits per heavy atom. The molecule has 0 spiro atoms. The van der Waals surface area contributed by atoms with Crippen LogP contribution in [0.1, 0.15) is 25.7 Å². The zero-order valence-corrected chi connectivity index (χ0v) is 15.2. The number of hydrogen-bond donors (Lipinski definition) is 0. The number of nitrogens with zero attached hydrogens (tertiary/aromatic N) is 2. The van der Waals surface area contributed by atoms with Crippen LogP contribution in [0.2, 0.25) is 0 Å². The van der Waals surface area contributed by atoms with Gasteiger partial charge in [-0.2, -0.15) is 0 Å². The summed E-state index contributed by atoms with van der Waals surface area (Å²) in [7, 11) is 4.23. The third-order valence-corrected chi connectivity index (χ3v) is 3.46. The first-order chi connectivity index (χ1) is 9.29. The first-order valence-corrected chi connectivity index (χ1v) is 7.10. The SMILES string of the molecule is C1=C\CC/C=C\CC/1.CN1CN(C)c2ccccc21.[Cl-].[Rh]. The quantitative estimate of drug-likeness (QED) is 0.482. The van der Waals surface area contributed by atoms with E-state index in [9.17, 15) is 0 Å². The number of rotatable bonds is 0. The van der Waals surface area contributed by atoms with Crippen molar-refractivity contribution in [3.05, 3.63) is 48.6 Å². The topological polar surface area (TPSA) is 6.48 Å². The standard InChI is InChI=1S/C9H12N2.C8H12.ClH.Rh/c1-10-7-11(2)9-6-4-3-5-8(9)10;1-2-4-6-8-7-5-3-1;;/h3-6H,7H2,1-2H3;1-2,7-8H,3-6H2;1H;/p-1/b;2-1-,8-7-;;. The van der Waals surface area contributed by atoms with Gasteiger partial charge in [-0.25, -0.2) is 0 Å². The molecule has 0 unspecified atom stereocenters. The second-order valence-corrected chi connectivity index (χ2v) is 5.12. The average molecular weight is 395 g/mol. The van der Waals surface area contributed by atoms with E-state index in [0.717, 1.165) is 6.67 Å². The Morgan fingerprint density at radius 1 is 0.714 bits per heavy atom. The van der Waals surface area contributed by atoms with E-state index < -0.39 is 0 Å². The van der Waals surface area contributed by atoms with Crippen molar-refractivity contribution in [1.82, 2.24) is 0 Å². The van der Waals surface area contributed by atoms with Crippen LogP contribution in [0.15, 0.2) is 48.6 Å². The minimum atomic E-state index is 0. The van der Waals surface area contributed by atoms with E-state index in [0.29, 0.717) is 0 Å². The van der Waals surface area contributed by atoms with Crippen LogP contribution in [0.3, 0.4) is 0 Å². The Hall–Kier alpha value is -0.787. The Labute approximate surface area is 148 Å². The van der Waals surface area contributed by atoms with Crippen molar-refractivity contribution < 1.29 is 31.9 Å². The Kier molecular flexibility index (Phi) is 10.5. The van der Waals surface area contributed by atoms with Crippen LogP contribution in [0, 0.1) is 0 Å². The molecule has 0 saturated carbocycles. The summed E-state index contributed by atoms with van der Waals surface area (Å²) in [6.07, 6.45) is 14.0. The Bertz CT molecular complexity index is 407. The smallest absolute Gasteiger partial charge is 0.0898 e. The fourth-order valence-corrected chi connectivity index (χ4v) is 2.44. The third kappa shape index (κ3) is 6.24. The fourth-order valence-electron chi connectivity index (χ4n) is 2.44. The van der Waals surface area contributed by atoms with E-state index in [1.165, 1.54) is 37.1 Å². The molecule has 1 aromatic rings. The predicted octanol–water partition coefficient (Wildman–Crippen LogP) is 1.20. The summed E-state index contributed by atoms with van der Waals surface area (Å²) in [5.41, 5.74) is 2.66. The molecule has 0 bridgehead atoms. The molecule has 1 aliphatic carbocycles. The molecule has 0 aromatic heterocycles. The van der Waals surface area contributed by atoms with Crippen molar-refractivity contribution in [3.8, 4) is 0 Å². The van der Waals surface area contributed by atoms with Crippen LogP contribution in [-0.4, -0.2) is 20.8 Å². The Balaban J connectivity index is 0.000000363. The van der Waals surface area contributed by atoms with Gasteiger partial charge in [0.25, 0.3) is 0 Å². The van der Waals surface area contributed by atoms with E-state index >= 15 is 0 Å². The summed E-state index contributed by atoms with van der Waals surface area (Å²) in [5, 5.41) is 0. The van der Waals surface area contributed by atoms with Crippen LogP contribution >= 0.6 is 0 Å². The molecule has 2 nitrogen and oxygen atoms in total. The molecule has 0 atom stereocenters. The van der Waals surface area contributed by atoms with Gasteiger partial charge in [0.05, 0.1) is 18.0 Å². The van der Waals surface area contributed by atoms with Gasteiger partial charge in [-0.3, -0.25) is 0 Å². The molecular formula is C17H24ClN2Rh-. The van der Waals surface area contributed by atoms with Gasteiger partial charge in [-0.05, 0) is 37.8 Å². The van der Waals surface area contributed by atoms with Crippen molar-refractivity contribution in [2.45, 2.75) is 25.7 Å². The molecule has 2 aliphatic rings. The second-order valence-electron chi connectivity index (χ2n) is 5.12. The summed E-state index contributed by atoms with van der Waals surface area (Å²) in [6.45, 7) is 0.999. The summed E-state index contributed by atoms with van der Waals surface area (Å²) >= 11 is 0. The van der Waals surface area contributed by atoms with Crippen molar-refractivity contribution in [3.63, 3.8) is 0 Å². The summed E-state index contributed by atoms with van der Waals surface area (Å²) in [4.78, 5) is 4.49. The molecule has 3 rings (SSSR count). The van der Waals surface area contributed by atoms with Crippen LogP contribution in [0.25, 0.3) is 0 Å². The molecule has 1 heterocycles. The molecule has 0 amide bonds. The normalized spacial score (nSPS) is 18.8. The van der Waals surface area contributed by atoms with Gasteiger partial charge < -0.3 is 22.2 Å². The van der Waals surface area contributed by atoms with Crippen LogP contribution < -0.4 is 22.2 Å². The zero-order valence-electron chi connectivity index (χ0n) is 12.8. The van der Waals surface area contributed by atoms with Gasteiger partial charge in [0.15, 0.2) is 0 Å². The maximum absolute atomic E-state index is 2.27. The monoisotopic (exact) mass is 394 g/mol. The average Bonchev–Trinajstić information content (AvgIpc) is 2.66. The van der Waals surface area contributed by atoms with Gasteiger partial charge in [-0.15, -0.1) is 0 Å². The number of halogens is 1. The number of allylic oxidation sites excluding steroid dienone is 4. The molecule has 1 radical (unpaired) electrons. The van der Waals surface area contributed by atoms with Crippen LogP contribution in [0.4, 0.5) is 11.4 Å². The molecule has 4 heteroatoms. The number of hydrogen-bond acceptors (Lipinski definition) is 2. The van der Waals surface area contributed by atoms with E-state index in [-0.39, 0.29) is 31.9 Å². The summed E-state index contributed by atoms with van der Waals surface area (Å²) in [5.74, 6) is 0. The largest absolute Gasteiger partial charge is 1.00 e. The van der Waals surface area contributed by atoms with Crippen molar-refractivity contribution >= 4 is 11.4 Å². The van der Waals surface area contributed by atoms with Crippen molar-refractivity contribution in [1.29, 1.82) is 0 Å². The van der Waals surface area contributed by atoms with E-state index in [2.05, 4.69) is 72.5 Å². The first-order valence-electron chi connectivity index (χ1n) is 7.10. The number of fused-ring (bicyclic) bond motifs is 1. The van der Waals surface area contributed by atoms with Crippen LogP contribution in [0.5, 0.6) is 0 Å². The molecule has 0 N–H and O–H groups in total. The summed E-state index contributed by atoms with van der Waals surface area (Å²) in [6, 6.07) is 8.46. The van der Waals surface area contributed by atoms with Crippen molar-refractivity contribution in [2.24, 2.45) is 0 Å².